The molecule has 0 aliphatic carbocycles. The van der Waals surface area contributed by atoms with Gasteiger partial charge in [0, 0.05) is 31.3 Å². The van der Waals surface area contributed by atoms with Crippen molar-refractivity contribution in [3.63, 3.8) is 0 Å². The number of fused-ring (bicyclic) bond motifs is 1. The number of nitrogens with one attached hydrogen (secondary N) is 1. The monoisotopic (exact) mass is 307 g/mol. The van der Waals surface area contributed by atoms with Gasteiger partial charge < -0.3 is 15.8 Å². The Labute approximate surface area is 128 Å². The average molecular weight is 307 g/mol. The zero-order valence-electron chi connectivity index (χ0n) is 12.4. The Morgan fingerprint density at radius 2 is 2.29 bits per heavy atom. The number of anilines is 1. The van der Waals surface area contributed by atoms with E-state index >= 15 is 0 Å². The van der Waals surface area contributed by atoms with Crippen LogP contribution in [0.5, 0.6) is 0 Å². The molecule has 0 saturated carbocycles. The fraction of sp³-hybridized carbons (Fsp3) is 0.467. The summed E-state index contributed by atoms with van der Waals surface area (Å²) in [6.07, 6.45) is 3.55. The van der Waals surface area contributed by atoms with Crippen molar-refractivity contribution in [1.82, 2.24) is 10.3 Å². The van der Waals surface area contributed by atoms with Crippen molar-refractivity contribution in [2.45, 2.75) is 26.7 Å². The van der Waals surface area contributed by atoms with E-state index in [0.717, 1.165) is 35.2 Å². The van der Waals surface area contributed by atoms with E-state index in [2.05, 4.69) is 17.2 Å². The number of thiophene rings is 1. The van der Waals surface area contributed by atoms with Crippen molar-refractivity contribution in [1.29, 1.82) is 0 Å². The maximum absolute atomic E-state index is 12.2. The second-order valence-corrected chi connectivity index (χ2v) is 5.87. The van der Waals surface area contributed by atoms with E-state index in [0.29, 0.717) is 23.7 Å². The zero-order chi connectivity index (χ0) is 15.2. The fourth-order valence-corrected chi connectivity index (χ4v) is 3.13. The highest BCUT2D eigenvalue weighted by molar-refractivity contribution is 7.21. The number of hydrogen-bond acceptors (Lipinski definition) is 5. The highest BCUT2D eigenvalue weighted by Gasteiger charge is 2.17. The van der Waals surface area contributed by atoms with Crippen molar-refractivity contribution in [3.05, 3.63) is 22.7 Å². The molecule has 114 valence electrons. The van der Waals surface area contributed by atoms with E-state index in [1.807, 2.05) is 13.0 Å². The molecule has 3 N–H and O–H groups in total. The molecule has 0 atom stereocenters. The average Bonchev–Trinajstić information content (AvgIpc) is 2.81. The first-order chi connectivity index (χ1) is 10.1. The molecule has 2 heterocycles. The lowest BCUT2D eigenvalue weighted by atomic mass is 10.2. The fourth-order valence-electron chi connectivity index (χ4n) is 2.08. The minimum absolute atomic E-state index is 0.134. The first-order valence-corrected chi connectivity index (χ1v) is 7.96. The number of carbonyl (C=O) groups excluding carboxylic acids is 1. The van der Waals surface area contributed by atoms with E-state index in [1.54, 1.807) is 6.20 Å². The molecule has 0 aromatic carbocycles. The van der Waals surface area contributed by atoms with E-state index in [4.69, 9.17) is 10.5 Å². The minimum atomic E-state index is -0.134. The van der Waals surface area contributed by atoms with Crippen molar-refractivity contribution in [2.75, 3.05) is 25.5 Å². The van der Waals surface area contributed by atoms with Crippen LogP contribution in [0.15, 0.2) is 12.3 Å². The summed E-state index contributed by atoms with van der Waals surface area (Å²) in [5.74, 6) is -0.134. The number of hydrogen-bond donors (Lipinski definition) is 2. The molecule has 0 bridgehead atoms. The van der Waals surface area contributed by atoms with Gasteiger partial charge in [0.15, 0.2) is 0 Å². The van der Waals surface area contributed by atoms with Crippen LogP contribution in [0.2, 0.25) is 0 Å². The third-order valence-electron chi connectivity index (χ3n) is 3.14. The van der Waals surface area contributed by atoms with Crippen molar-refractivity contribution < 1.29 is 9.53 Å². The summed E-state index contributed by atoms with van der Waals surface area (Å²) in [4.78, 5) is 17.8. The van der Waals surface area contributed by atoms with Crippen LogP contribution >= 0.6 is 11.3 Å². The summed E-state index contributed by atoms with van der Waals surface area (Å²) < 4.78 is 5.37. The highest BCUT2D eigenvalue weighted by Crippen LogP contribution is 2.34. The van der Waals surface area contributed by atoms with E-state index in [9.17, 15) is 4.79 Å². The summed E-state index contributed by atoms with van der Waals surface area (Å²) in [7, 11) is 0. The van der Waals surface area contributed by atoms with Gasteiger partial charge >= 0.3 is 0 Å². The third kappa shape index (κ3) is 3.71. The van der Waals surface area contributed by atoms with Crippen molar-refractivity contribution >= 4 is 33.1 Å². The Morgan fingerprint density at radius 1 is 1.48 bits per heavy atom. The first kappa shape index (κ1) is 15.7. The van der Waals surface area contributed by atoms with Crippen LogP contribution < -0.4 is 11.1 Å². The van der Waals surface area contributed by atoms with Crippen molar-refractivity contribution in [2.24, 2.45) is 0 Å². The summed E-state index contributed by atoms with van der Waals surface area (Å²) in [6.45, 7) is 6.06. The molecule has 1 amide bonds. The predicted octanol–water partition coefficient (Wildman–Crippen LogP) is 2.73. The van der Waals surface area contributed by atoms with Crippen molar-refractivity contribution in [3.8, 4) is 0 Å². The lowest BCUT2D eigenvalue weighted by Crippen LogP contribution is -2.25. The largest absolute Gasteiger partial charge is 0.397 e. The van der Waals surface area contributed by atoms with E-state index < -0.39 is 0 Å². The normalized spacial score (nSPS) is 11.0. The molecule has 0 radical (unpaired) electrons. The quantitative estimate of drug-likeness (QED) is 0.771. The van der Waals surface area contributed by atoms with Gasteiger partial charge in [-0.1, -0.05) is 6.92 Å². The van der Waals surface area contributed by atoms with Gasteiger partial charge in [-0.3, -0.25) is 4.79 Å². The highest BCUT2D eigenvalue weighted by atomic mass is 32.1. The van der Waals surface area contributed by atoms with Crippen LogP contribution in [-0.4, -0.2) is 30.6 Å². The summed E-state index contributed by atoms with van der Waals surface area (Å²) in [5, 5.41) is 3.77. The maximum atomic E-state index is 12.2. The van der Waals surface area contributed by atoms with Crippen LogP contribution in [0.4, 0.5) is 5.69 Å². The SMILES string of the molecule is CCCOCCCNC(=O)c1sc2nccc(C)c2c1N. The summed E-state index contributed by atoms with van der Waals surface area (Å²) >= 11 is 1.34. The van der Waals surface area contributed by atoms with Gasteiger partial charge in [-0.2, -0.15) is 0 Å². The number of pyridine rings is 1. The third-order valence-corrected chi connectivity index (χ3v) is 4.26. The summed E-state index contributed by atoms with van der Waals surface area (Å²) in [6, 6.07) is 1.90. The van der Waals surface area contributed by atoms with Crippen LogP contribution in [0.25, 0.3) is 10.2 Å². The lowest BCUT2D eigenvalue weighted by Gasteiger charge is -2.05. The van der Waals surface area contributed by atoms with Gasteiger partial charge in [0.05, 0.1) is 5.69 Å². The Hall–Kier alpha value is -1.66. The second-order valence-electron chi connectivity index (χ2n) is 4.87. The number of carbonyl (C=O) groups is 1. The second kappa shape index (κ2) is 7.38. The lowest BCUT2D eigenvalue weighted by molar-refractivity contribution is 0.0946. The topological polar surface area (TPSA) is 77.2 Å². The maximum Gasteiger partial charge on any atom is 0.263 e. The molecule has 21 heavy (non-hydrogen) atoms. The molecule has 0 aliphatic heterocycles. The number of nitrogen functional groups attached to an aromatic ring is 1. The van der Waals surface area contributed by atoms with Crippen LogP contribution in [-0.2, 0) is 4.74 Å². The molecular formula is C15H21N3O2S. The minimum Gasteiger partial charge on any atom is -0.397 e. The molecule has 0 spiro atoms. The number of aromatic nitrogens is 1. The Morgan fingerprint density at radius 3 is 3.00 bits per heavy atom. The molecule has 6 heteroatoms. The molecule has 2 rings (SSSR count). The van der Waals surface area contributed by atoms with Gasteiger partial charge in [0.1, 0.15) is 9.71 Å². The van der Waals surface area contributed by atoms with Crippen LogP contribution in [0, 0.1) is 6.92 Å². The predicted molar refractivity (Wildman–Crippen MR) is 86.8 cm³/mol. The van der Waals surface area contributed by atoms with Gasteiger partial charge in [-0.15, -0.1) is 11.3 Å². The van der Waals surface area contributed by atoms with E-state index in [-0.39, 0.29) is 5.91 Å². The number of rotatable bonds is 7. The first-order valence-electron chi connectivity index (χ1n) is 7.14. The molecule has 5 nitrogen and oxygen atoms in total. The Balaban J connectivity index is 1.97. The van der Waals surface area contributed by atoms with Gasteiger partial charge in [-0.05, 0) is 31.4 Å². The number of nitrogens with two attached hydrogens (primary N) is 1. The molecule has 0 fully saturated rings. The molecule has 0 aliphatic rings. The molecule has 0 saturated heterocycles. The standard InChI is InChI=1S/C15H21N3O2S/c1-3-8-20-9-4-6-17-14(19)13-12(16)11-10(2)5-7-18-15(11)21-13/h5,7H,3-4,6,8-9,16H2,1-2H3,(H,17,19). The van der Waals surface area contributed by atoms with Crippen LogP contribution in [0.3, 0.4) is 0 Å². The molecule has 2 aromatic rings. The molecule has 2 aromatic heterocycles. The van der Waals surface area contributed by atoms with Gasteiger partial charge in [0.25, 0.3) is 5.91 Å². The van der Waals surface area contributed by atoms with Gasteiger partial charge in [0.2, 0.25) is 0 Å². The Bertz CT molecular complexity index is 625. The molecule has 0 unspecified atom stereocenters. The number of ether oxygens (including phenoxy) is 1. The van der Waals surface area contributed by atoms with E-state index in [1.165, 1.54) is 11.3 Å². The number of nitrogens with zero attached hydrogens (tertiary/aromatic N) is 1. The molecular weight excluding hydrogens is 286 g/mol. The Kier molecular flexibility index (Phi) is 5.52. The van der Waals surface area contributed by atoms with Gasteiger partial charge in [-0.25, -0.2) is 4.98 Å². The smallest absolute Gasteiger partial charge is 0.263 e. The van der Waals surface area contributed by atoms with Crippen LogP contribution in [0.1, 0.15) is 35.0 Å². The summed E-state index contributed by atoms with van der Waals surface area (Å²) in [5.41, 5.74) is 7.67. The number of amides is 1. The number of aryl methyl sites for hydroxylation is 1. The zero-order valence-corrected chi connectivity index (χ0v) is 13.3.